The minimum Gasteiger partial charge on any atom is -0.469 e. The maximum atomic E-state index is 12.3. The smallest absolute Gasteiger partial charge is 0.307 e. The molecule has 1 amide bonds. The summed E-state index contributed by atoms with van der Waals surface area (Å²) in [7, 11) is 1.33. The van der Waals surface area contributed by atoms with Crippen molar-refractivity contribution in [3.63, 3.8) is 0 Å². The van der Waals surface area contributed by atoms with Crippen LogP contribution in [0.15, 0.2) is 53.0 Å². The molecule has 0 aromatic heterocycles. The molecule has 2 rings (SSSR count). The lowest BCUT2D eigenvalue weighted by atomic mass is 10.0. The second kappa shape index (κ2) is 9.59. The van der Waals surface area contributed by atoms with Crippen LogP contribution in [0.1, 0.15) is 30.0 Å². The zero-order valence-electron chi connectivity index (χ0n) is 13.8. The number of ether oxygens (including phenoxy) is 1. The Kier molecular flexibility index (Phi) is 7.47. The van der Waals surface area contributed by atoms with Crippen molar-refractivity contribution < 1.29 is 14.3 Å². The van der Waals surface area contributed by atoms with Crippen molar-refractivity contribution in [3.05, 3.63) is 69.2 Å². The summed E-state index contributed by atoms with van der Waals surface area (Å²) in [6, 6.07) is 14.4. The van der Waals surface area contributed by atoms with E-state index in [1.165, 1.54) is 7.11 Å². The van der Waals surface area contributed by atoms with Crippen LogP contribution in [-0.2, 0) is 20.7 Å². The molecule has 2 aromatic rings. The van der Waals surface area contributed by atoms with E-state index >= 15 is 0 Å². The lowest BCUT2D eigenvalue weighted by Gasteiger charge is -2.18. The predicted octanol–water partition coefficient (Wildman–Crippen LogP) is 4.46. The Labute approximate surface area is 160 Å². The normalized spacial score (nSPS) is 11.6. The van der Waals surface area contributed by atoms with E-state index < -0.39 is 6.04 Å². The number of hydrogen-bond donors (Lipinski definition) is 1. The molecule has 0 aliphatic rings. The molecular weight excluding hydrogens is 406 g/mol. The first-order chi connectivity index (χ1) is 12.0. The number of hydrogen-bond acceptors (Lipinski definition) is 3. The van der Waals surface area contributed by atoms with Gasteiger partial charge in [-0.3, -0.25) is 9.59 Å². The third-order valence-corrected chi connectivity index (χ3v) is 4.81. The first kappa shape index (κ1) is 19.5. The van der Waals surface area contributed by atoms with Crippen molar-refractivity contribution in [2.45, 2.75) is 25.3 Å². The van der Waals surface area contributed by atoms with Crippen molar-refractivity contribution in [2.75, 3.05) is 7.11 Å². The van der Waals surface area contributed by atoms with Crippen molar-refractivity contribution >= 4 is 39.4 Å². The molecule has 25 heavy (non-hydrogen) atoms. The van der Waals surface area contributed by atoms with Gasteiger partial charge in [-0.15, -0.1) is 0 Å². The summed E-state index contributed by atoms with van der Waals surface area (Å²) in [5.74, 6) is -0.509. The lowest BCUT2D eigenvalue weighted by molar-refractivity contribution is -0.141. The zero-order valence-corrected chi connectivity index (χ0v) is 16.1. The second-order valence-electron chi connectivity index (χ2n) is 5.54. The Bertz CT molecular complexity index is 734. The standard InChI is InChI=1S/C19H19BrClNO3/c1-25-19(24)12-17(14-6-9-15(21)10-7-14)22-18(23)11-8-13-4-2-3-5-16(13)20/h2-7,9-10,17H,8,11-12H2,1H3,(H,22,23). The molecule has 2 aromatic carbocycles. The van der Waals surface area contributed by atoms with Gasteiger partial charge in [-0.1, -0.05) is 57.9 Å². The Hall–Kier alpha value is -1.85. The van der Waals surface area contributed by atoms with Gasteiger partial charge in [0.25, 0.3) is 0 Å². The molecule has 132 valence electrons. The van der Waals surface area contributed by atoms with E-state index in [0.29, 0.717) is 17.9 Å². The van der Waals surface area contributed by atoms with E-state index in [0.717, 1.165) is 15.6 Å². The van der Waals surface area contributed by atoms with E-state index in [1.54, 1.807) is 24.3 Å². The van der Waals surface area contributed by atoms with E-state index in [2.05, 4.69) is 21.2 Å². The van der Waals surface area contributed by atoms with Gasteiger partial charge >= 0.3 is 5.97 Å². The van der Waals surface area contributed by atoms with Crippen LogP contribution >= 0.6 is 27.5 Å². The van der Waals surface area contributed by atoms with Gasteiger partial charge in [0, 0.05) is 15.9 Å². The predicted molar refractivity (Wildman–Crippen MR) is 101 cm³/mol. The number of halogens is 2. The van der Waals surface area contributed by atoms with Gasteiger partial charge in [0.15, 0.2) is 0 Å². The monoisotopic (exact) mass is 423 g/mol. The summed E-state index contributed by atoms with van der Waals surface area (Å²) in [6.07, 6.45) is 1.01. The number of esters is 1. The molecule has 0 heterocycles. The van der Waals surface area contributed by atoms with Crippen LogP contribution in [0.5, 0.6) is 0 Å². The fourth-order valence-corrected chi connectivity index (χ4v) is 3.02. The number of carbonyl (C=O) groups is 2. The van der Waals surface area contributed by atoms with Crippen LogP contribution in [0.4, 0.5) is 0 Å². The summed E-state index contributed by atoms with van der Waals surface area (Å²) in [5.41, 5.74) is 1.87. The highest BCUT2D eigenvalue weighted by Crippen LogP contribution is 2.21. The maximum absolute atomic E-state index is 12.3. The highest BCUT2D eigenvalue weighted by Gasteiger charge is 2.19. The number of rotatable bonds is 7. The molecule has 0 fully saturated rings. The van der Waals surface area contributed by atoms with Crippen LogP contribution in [-0.4, -0.2) is 19.0 Å². The molecule has 1 atom stereocenters. The van der Waals surface area contributed by atoms with Crippen LogP contribution < -0.4 is 5.32 Å². The number of methoxy groups -OCH3 is 1. The van der Waals surface area contributed by atoms with E-state index in [4.69, 9.17) is 16.3 Å². The fraction of sp³-hybridized carbons (Fsp3) is 0.263. The highest BCUT2D eigenvalue weighted by molar-refractivity contribution is 9.10. The number of amides is 1. The Morgan fingerprint density at radius 1 is 1.16 bits per heavy atom. The third kappa shape index (κ3) is 6.18. The summed E-state index contributed by atoms with van der Waals surface area (Å²) < 4.78 is 5.71. The first-order valence-corrected chi connectivity index (χ1v) is 9.01. The van der Waals surface area contributed by atoms with Gasteiger partial charge in [0.05, 0.1) is 19.6 Å². The van der Waals surface area contributed by atoms with Gasteiger partial charge < -0.3 is 10.1 Å². The SMILES string of the molecule is COC(=O)CC(NC(=O)CCc1ccccc1Br)c1ccc(Cl)cc1. The van der Waals surface area contributed by atoms with Crippen LogP contribution in [0, 0.1) is 0 Å². The first-order valence-electron chi connectivity index (χ1n) is 7.84. The van der Waals surface area contributed by atoms with E-state index in [1.807, 2.05) is 24.3 Å². The molecular formula is C19H19BrClNO3. The van der Waals surface area contributed by atoms with Crippen molar-refractivity contribution in [3.8, 4) is 0 Å². The number of carbonyl (C=O) groups excluding carboxylic acids is 2. The van der Waals surface area contributed by atoms with E-state index in [9.17, 15) is 9.59 Å². The second-order valence-corrected chi connectivity index (χ2v) is 6.83. The minimum atomic E-state index is -0.448. The molecule has 4 nitrogen and oxygen atoms in total. The molecule has 0 aliphatic carbocycles. The van der Waals surface area contributed by atoms with Gasteiger partial charge in [-0.05, 0) is 35.7 Å². The molecule has 1 unspecified atom stereocenters. The fourth-order valence-electron chi connectivity index (χ4n) is 2.41. The number of aryl methyl sites for hydroxylation is 1. The van der Waals surface area contributed by atoms with Crippen LogP contribution in [0.2, 0.25) is 5.02 Å². The molecule has 1 N–H and O–H groups in total. The lowest BCUT2D eigenvalue weighted by Crippen LogP contribution is -2.30. The topological polar surface area (TPSA) is 55.4 Å². The quantitative estimate of drug-likeness (QED) is 0.668. The van der Waals surface area contributed by atoms with Crippen LogP contribution in [0.3, 0.4) is 0 Å². The molecule has 0 aliphatic heterocycles. The average molecular weight is 425 g/mol. The van der Waals surface area contributed by atoms with Gasteiger partial charge in [0.1, 0.15) is 0 Å². The van der Waals surface area contributed by atoms with E-state index in [-0.39, 0.29) is 18.3 Å². The minimum absolute atomic E-state index is 0.0684. The highest BCUT2D eigenvalue weighted by atomic mass is 79.9. The zero-order chi connectivity index (χ0) is 18.2. The average Bonchev–Trinajstić information content (AvgIpc) is 2.61. The number of benzene rings is 2. The van der Waals surface area contributed by atoms with Crippen LogP contribution in [0.25, 0.3) is 0 Å². The maximum Gasteiger partial charge on any atom is 0.307 e. The van der Waals surface area contributed by atoms with Gasteiger partial charge in [0.2, 0.25) is 5.91 Å². The molecule has 0 bridgehead atoms. The Morgan fingerprint density at radius 2 is 1.84 bits per heavy atom. The third-order valence-electron chi connectivity index (χ3n) is 3.79. The largest absolute Gasteiger partial charge is 0.469 e. The van der Waals surface area contributed by atoms with Crippen molar-refractivity contribution in [1.82, 2.24) is 5.32 Å². The Balaban J connectivity index is 2.02. The summed E-state index contributed by atoms with van der Waals surface area (Å²) in [6.45, 7) is 0. The van der Waals surface area contributed by atoms with Gasteiger partial charge in [-0.25, -0.2) is 0 Å². The summed E-state index contributed by atoms with van der Waals surface area (Å²) in [5, 5.41) is 3.51. The molecule has 0 saturated carbocycles. The molecule has 0 radical (unpaired) electrons. The van der Waals surface area contributed by atoms with Crippen molar-refractivity contribution in [2.24, 2.45) is 0 Å². The summed E-state index contributed by atoms with van der Waals surface area (Å²) in [4.78, 5) is 24.0. The van der Waals surface area contributed by atoms with Gasteiger partial charge in [-0.2, -0.15) is 0 Å². The summed E-state index contributed by atoms with van der Waals surface area (Å²) >= 11 is 9.38. The Morgan fingerprint density at radius 3 is 2.48 bits per heavy atom. The molecule has 0 spiro atoms. The number of nitrogens with one attached hydrogen (secondary N) is 1. The molecule has 6 heteroatoms. The van der Waals surface area contributed by atoms with Crippen molar-refractivity contribution in [1.29, 1.82) is 0 Å². The molecule has 0 saturated heterocycles.